The molecule has 1 aromatic rings. The molecule has 7 heteroatoms. The molecule has 0 radical (unpaired) electrons. The maximum Gasteiger partial charge on any atom is 0.349 e. The topological polar surface area (TPSA) is 81.4 Å². The number of hydrogen-bond donors (Lipinski definition) is 0. The van der Waals surface area contributed by atoms with E-state index in [9.17, 15) is 10.1 Å². The molecule has 16 heavy (non-hydrogen) atoms. The third-order valence-corrected chi connectivity index (χ3v) is 2.16. The molecule has 0 N–H and O–H groups in total. The van der Waals surface area contributed by atoms with Crippen LogP contribution in [0.1, 0.15) is 13.8 Å². The monoisotopic (exact) mass is 226 g/mol. The van der Waals surface area contributed by atoms with E-state index in [0.717, 1.165) is 13.1 Å². The summed E-state index contributed by atoms with van der Waals surface area (Å²) in [6.45, 7) is 5.39. The fourth-order valence-corrected chi connectivity index (χ4v) is 1.29. The van der Waals surface area contributed by atoms with Crippen LogP contribution in [-0.2, 0) is 0 Å². The Morgan fingerprint density at radius 1 is 1.50 bits per heavy atom. The summed E-state index contributed by atoms with van der Waals surface area (Å²) in [5.41, 5.74) is -0.224. The first-order chi connectivity index (χ1) is 7.63. The van der Waals surface area contributed by atoms with Crippen molar-refractivity contribution < 1.29 is 9.66 Å². The number of aromatic nitrogens is 2. The average Bonchev–Trinajstić information content (AvgIpc) is 2.30. The molecule has 0 saturated carbocycles. The molecule has 1 aromatic heterocycles. The molecule has 0 bridgehead atoms. The summed E-state index contributed by atoms with van der Waals surface area (Å²) in [6.07, 6.45) is 1.17. The van der Waals surface area contributed by atoms with Crippen LogP contribution in [-0.4, -0.2) is 35.1 Å². The Morgan fingerprint density at radius 2 is 2.12 bits per heavy atom. The highest BCUT2D eigenvalue weighted by molar-refractivity contribution is 5.44. The van der Waals surface area contributed by atoms with Crippen molar-refractivity contribution in [3.63, 3.8) is 0 Å². The number of nitrogens with zero attached hydrogens (tertiary/aromatic N) is 4. The van der Waals surface area contributed by atoms with Crippen molar-refractivity contribution in [3.8, 4) is 5.88 Å². The molecule has 88 valence electrons. The van der Waals surface area contributed by atoms with Gasteiger partial charge in [-0.25, -0.2) is 4.98 Å². The molecule has 0 spiro atoms. The Bertz CT molecular complexity index is 379. The summed E-state index contributed by atoms with van der Waals surface area (Å²) in [6, 6.07) is 0. The first kappa shape index (κ1) is 12.2. The summed E-state index contributed by atoms with van der Waals surface area (Å²) in [5.74, 6) is 0.425. The van der Waals surface area contributed by atoms with Gasteiger partial charge in [0, 0.05) is 13.1 Å². The number of anilines is 1. The van der Waals surface area contributed by atoms with Gasteiger partial charge in [-0.1, -0.05) is 0 Å². The number of hydrogen-bond acceptors (Lipinski definition) is 6. The number of methoxy groups -OCH3 is 1. The van der Waals surface area contributed by atoms with Crippen molar-refractivity contribution in [2.24, 2.45) is 0 Å². The van der Waals surface area contributed by atoms with E-state index in [1.54, 1.807) is 0 Å². The van der Waals surface area contributed by atoms with Crippen LogP contribution in [0.15, 0.2) is 6.20 Å². The molecule has 0 aliphatic heterocycles. The molecule has 0 atom stereocenters. The summed E-state index contributed by atoms with van der Waals surface area (Å²) in [5, 5.41) is 10.6. The van der Waals surface area contributed by atoms with E-state index in [1.165, 1.54) is 13.3 Å². The van der Waals surface area contributed by atoms with Crippen molar-refractivity contribution >= 4 is 11.6 Å². The Morgan fingerprint density at radius 3 is 2.56 bits per heavy atom. The zero-order chi connectivity index (χ0) is 12.1. The average molecular weight is 226 g/mol. The second kappa shape index (κ2) is 5.24. The van der Waals surface area contributed by atoms with Crippen molar-refractivity contribution in [1.29, 1.82) is 0 Å². The van der Waals surface area contributed by atoms with E-state index < -0.39 is 4.92 Å². The van der Waals surface area contributed by atoms with Crippen LogP contribution in [0.5, 0.6) is 5.88 Å². The summed E-state index contributed by atoms with van der Waals surface area (Å²) in [4.78, 5) is 19.9. The van der Waals surface area contributed by atoms with E-state index in [0.29, 0.717) is 5.95 Å². The minimum Gasteiger partial charge on any atom is -0.476 e. The summed E-state index contributed by atoms with van der Waals surface area (Å²) >= 11 is 0. The van der Waals surface area contributed by atoms with E-state index in [4.69, 9.17) is 4.74 Å². The van der Waals surface area contributed by atoms with Gasteiger partial charge in [0.15, 0.2) is 0 Å². The third kappa shape index (κ3) is 2.36. The molecule has 0 amide bonds. The molecule has 0 aliphatic carbocycles. The van der Waals surface area contributed by atoms with Crippen LogP contribution in [0, 0.1) is 10.1 Å². The Labute approximate surface area is 93.2 Å². The maximum atomic E-state index is 10.6. The van der Waals surface area contributed by atoms with Gasteiger partial charge in [-0.2, -0.15) is 4.98 Å². The number of nitro groups is 1. The minimum absolute atomic E-state index is 0.0121. The minimum atomic E-state index is -0.565. The van der Waals surface area contributed by atoms with Crippen LogP contribution in [0.3, 0.4) is 0 Å². The fraction of sp³-hybridized carbons (Fsp3) is 0.556. The lowest BCUT2D eigenvalue weighted by atomic mass is 10.5. The Balaban J connectivity index is 3.12. The van der Waals surface area contributed by atoms with Gasteiger partial charge in [-0.15, -0.1) is 0 Å². The van der Waals surface area contributed by atoms with Crippen LogP contribution in [0.25, 0.3) is 0 Å². The highest BCUT2D eigenvalue weighted by atomic mass is 16.6. The number of ether oxygens (including phenoxy) is 1. The molecule has 7 nitrogen and oxygen atoms in total. The Hall–Kier alpha value is -1.92. The lowest BCUT2D eigenvalue weighted by Crippen LogP contribution is -2.24. The van der Waals surface area contributed by atoms with Gasteiger partial charge in [-0.3, -0.25) is 10.1 Å². The van der Waals surface area contributed by atoms with Crippen LogP contribution in [0.2, 0.25) is 0 Å². The second-order valence-corrected chi connectivity index (χ2v) is 2.99. The standard InChI is InChI=1S/C9H14N4O3/c1-4-12(5-2)9-10-6-7(13(14)15)8(11-9)16-3/h6H,4-5H2,1-3H3. The van der Waals surface area contributed by atoms with E-state index >= 15 is 0 Å². The van der Waals surface area contributed by atoms with Crippen LogP contribution in [0.4, 0.5) is 11.6 Å². The molecule has 0 saturated heterocycles. The normalized spacial score (nSPS) is 9.94. The first-order valence-electron chi connectivity index (χ1n) is 4.94. The van der Waals surface area contributed by atoms with Crippen molar-refractivity contribution in [3.05, 3.63) is 16.3 Å². The van der Waals surface area contributed by atoms with Gasteiger partial charge < -0.3 is 9.64 Å². The maximum absolute atomic E-state index is 10.6. The third-order valence-electron chi connectivity index (χ3n) is 2.16. The predicted molar refractivity (Wildman–Crippen MR) is 58.8 cm³/mol. The van der Waals surface area contributed by atoms with E-state index in [2.05, 4.69) is 9.97 Å². The van der Waals surface area contributed by atoms with E-state index in [-0.39, 0.29) is 11.6 Å². The second-order valence-electron chi connectivity index (χ2n) is 2.99. The zero-order valence-electron chi connectivity index (χ0n) is 9.51. The van der Waals surface area contributed by atoms with Gasteiger partial charge in [0.1, 0.15) is 6.20 Å². The van der Waals surface area contributed by atoms with Crippen molar-refractivity contribution in [2.75, 3.05) is 25.1 Å². The first-order valence-corrected chi connectivity index (χ1v) is 4.94. The van der Waals surface area contributed by atoms with Gasteiger partial charge in [0.05, 0.1) is 12.0 Å². The van der Waals surface area contributed by atoms with Crippen LogP contribution >= 0.6 is 0 Å². The van der Waals surface area contributed by atoms with E-state index in [1.807, 2.05) is 18.7 Å². The summed E-state index contributed by atoms with van der Waals surface area (Å²) in [7, 11) is 1.35. The molecule has 0 aliphatic rings. The molecule has 0 fully saturated rings. The van der Waals surface area contributed by atoms with Gasteiger partial charge in [0.2, 0.25) is 5.95 Å². The Kier molecular flexibility index (Phi) is 3.98. The van der Waals surface area contributed by atoms with Gasteiger partial charge in [0.25, 0.3) is 5.88 Å². The lowest BCUT2D eigenvalue weighted by molar-refractivity contribution is -0.386. The molecule has 0 aromatic carbocycles. The lowest BCUT2D eigenvalue weighted by Gasteiger charge is -2.18. The van der Waals surface area contributed by atoms with Crippen molar-refractivity contribution in [1.82, 2.24) is 9.97 Å². The highest BCUT2D eigenvalue weighted by Crippen LogP contribution is 2.24. The van der Waals surface area contributed by atoms with Gasteiger partial charge in [-0.05, 0) is 13.8 Å². The SMILES string of the molecule is CCN(CC)c1ncc([N+](=O)[O-])c(OC)n1. The van der Waals surface area contributed by atoms with Crippen molar-refractivity contribution in [2.45, 2.75) is 13.8 Å². The number of rotatable bonds is 5. The van der Waals surface area contributed by atoms with Gasteiger partial charge >= 0.3 is 5.69 Å². The van der Waals surface area contributed by atoms with Crippen LogP contribution < -0.4 is 9.64 Å². The predicted octanol–water partition coefficient (Wildman–Crippen LogP) is 1.24. The summed E-state index contributed by atoms with van der Waals surface area (Å²) < 4.78 is 4.87. The molecule has 1 heterocycles. The smallest absolute Gasteiger partial charge is 0.349 e. The zero-order valence-corrected chi connectivity index (χ0v) is 9.51. The molecular formula is C9H14N4O3. The molecule has 1 rings (SSSR count). The molecular weight excluding hydrogens is 212 g/mol. The fourth-order valence-electron chi connectivity index (χ4n) is 1.29. The quantitative estimate of drug-likeness (QED) is 0.555. The largest absolute Gasteiger partial charge is 0.476 e. The highest BCUT2D eigenvalue weighted by Gasteiger charge is 2.19. The molecule has 0 unspecified atom stereocenters.